The van der Waals surface area contributed by atoms with Crippen LogP contribution in [0.15, 0.2) is 0 Å². The van der Waals surface area contributed by atoms with Gasteiger partial charge in [0.2, 0.25) is 0 Å². The third kappa shape index (κ3) is 365. The standard InChI is InChI=1S/CH2O4.CH2O3.ClH/c2-1(3)5-4;2-1(3)4;/h4H,(H,2,3);(H2,2,3,4);1H. The minimum absolute atomic E-state index is 0. The van der Waals surface area contributed by atoms with E-state index in [1.54, 1.807) is 0 Å². The molecule has 0 fully saturated rings. The van der Waals surface area contributed by atoms with Gasteiger partial charge in [-0.1, -0.05) is 0 Å². The molecule has 0 radical (unpaired) electrons. The summed E-state index contributed by atoms with van der Waals surface area (Å²) in [5, 5.41) is 28.2. The maximum absolute atomic E-state index is 8.90. The van der Waals surface area contributed by atoms with Crippen LogP contribution >= 0.6 is 12.4 Å². The van der Waals surface area contributed by atoms with Crippen LogP contribution in [0.5, 0.6) is 0 Å². The zero-order chi connectivity index (χ0) is 7.86. The first kappa shape index (κ1) is 15.9. The topological polar surface area (TPSA) is 124 Å². The van der Waals surface area contributed by atoms with Crippen LogP contribution < -0.4 is 0 Å². The first-order chi connectivity index (χ1) is 4.00. The first-order valence-electron chi connectivity index (χ1n) is 1.47. The van der Waals surface area contributed by atoms with Crippen molar-refractivity contribution in [1.29, 1.82) is 0 Å². The summed E-state index contributed by atoms with van der Waals surface area (Å²) in [5.41, 5.74) is 0. The number of carboxylic acid groups (broad SMARTS) is 3. The molecular weight excluding hydrogens is 171 g/mol. The lowest BCUT2D eigenvalue weighted by Gasteiger charge is -1.75. The average molecular weight is 177 g/mol. The van der Waals surface area contributed by atoms with E-state index in [1.807, 2.05) is 0 Å². The van der Waals surface area contributed by atoms with Gasteiger partial charge in [-0.05, 0) is 0 Å². The zero-order valence-corrected chi connectivity index (χ0v) is 5.24. The summed E-state index contributed by atoms with van der Waals surface area (Å²) in [7, 11) is 0. The zero-order valence-electron chi connectivity index (χ0n) is 4.42. The van der Waals surface area contributed by atoms with Crippen LogP contribution in [0.3, 0.4) is 0 Å². The smallest absolute Gasteiger partial charge is 0.450 e. The summed E-state index contributed by atoms with van der Waals surface area (Å²) in [5.74, 6) is 0. The summed E-state index contributed by atoms with van der Waals surface area (Å²) in [6.07, 6.45) is -3.52. The van der Waals surface area contributed by atoms with E-state index < -0.39 is 12.3 Å². The predicted molar refractivity (Wildman–Crippen MR) is 29.6 cm³/mol. The van der Waals surface area contributed by atoms with Gasteiger partial charge in [-0.3, -0.25) is 4.89 Å². The second-order valence-corrected chi connectivity index (χ2v) is 0.640. The minimum atomic E-state index is -1.83. The second kappa shape index (κ2) is 10.7. The van der Waals surface area contributed by atoms with Gasteiger partial charge < -0.3 is 15.3 Å². The lowest BCUT2D eigenvalue weighted by molar-refractivity contribution is -0.194. The van der Waals surface area contributed by atoms with Crippen molar-refractivity contribution in [1.82, 2.24) is 0 Å². The molecule has 4 N–H and O–H groups in total. The van der Waals surface area contributed by atoms with Crippen molar-refractivity contribution in [3.05, 3.63) is 0 Å². The molecule has 0 aliphatic carbocycles. The van der Waals surface area contributed by atoms with Crippen molar-refractivity contribution in [2.75, 3.05) is 0 Å². The Labute approximate surface area is 60.8 Å². The van der Waals surface area contributed by atoms with Crippen LogP contribution in [0.4, 0.5) is 9.59 Å². The van der Waals surface area contributed by atoms with Gasteiger partial charge in [0.15, 0.2) is 0 Å². The predicted octanol–water partition coefficient (Wildman–Crippen LogP) is 0.798. The van der Waals surface area contributed by atoms with Gasteiger partial charge >= 0.3 is 12.3 Å². The molecule has 0 unspecified atom stereocenters. The molecule has 0 aromatic carbocycles. The molecule has 0 saturated heterocycles. The lowest BCUT2D eigenvalue weighted by atomic mass is 11.5. The summed E-state index contributed by atoms with van der Waals surface area (Å²) >= 11 is 0. The van der Waals surface area contributed by atoms with E-state index >= 15 is 0 Å². The Bertz CT molecular complexity index is 95.8. The van der Waals surface area contributed by atoms with Gasteiger partial charge in [0, 0.05) is 0 Å². The normalized spacial score (nSPS) is 5.70. The molecule has 0 bridgehead atoms. The maximum Gasteiger partial charge on any atom is 0.537 e. The Balaban J connectivity index is -0.0000000910. The number of halogens is 1. The molecule has 0 amide bonds. The molecule has 0 aliphatic heterocycles. The number of hydrogen-bond donors (Lipinski definition) is 4. The summed E-state index contributed by atoms with van der Waals surface area (Å²) in [6.45, 7) is 0. The summed E-state index contributed by atoms with van der Waals surface area (Å²) < 4.78 is 0. The molecule has 0 aliphatic rings. The van der Waals surface area contributed by atoms with E-state index in [0.29, 0.717) is 0 Å². The van der Waals surface area contributed by atoms with Gasteiger partial charge in [0.1, 0.15) is 0 Å². The van der Waals surface area contributed by atoms with E-state index in [4.69, 9.17) is 30.2 Å². The Kier molecular flexibility index (Phi) is 17.0. The molecule has 0 spiro atoms. The van der Waals surface area contributed by atoms with Crippen molar-refractivity contribution in [3.63, 3.8) is 0 Å². The highest BCUT2D eigenvalue weighted by Gasteiger charge is 1.84. The molecule has 7 nitrogen and oxygen atoms in total. The Morgan fingerprint density at radius 3 is 1.20 bits per heavy atom. The fraction of sp³-hybridized carbons (Fsp3) is 0. The third-order valence-corrected chi connectivity index (χ3v) is 0.0781. The number of hydrogen-bond acceptors (Lipinski definition) is 4. The summed E-state index contributed by atoms with van der Waals surface area (Å²) in [6, 6.07) is 0. The van der Waals surface area contributed by atoms with Crippen LogP contribution in [0.25, 0.3) is 0 Å². The van der Waals surface area contributed by atoms with Crippen LogP contribution in [-0.2, 0) is 4.89 Å². The Morgan fingerprint density at radius 2 is 1.20 bits per heavy atom. The molecule has 0 aromatic rings. The molecule has 0 atom stereocenters. The maximum atomic E-state index is 8.90. The van der Waals surface area contributed by atoms with Crippen molar-refractivity contribution < 1.29 is 35.1 Å². The van der Waals surface area contributed by atoms with Crippen LogP contribution in [0.1, 0.15) is 0 Å². The van der Waals surface area contributed by atoms with Crippen molar-refractivity contribution >= 4 is 24.7 Å². The molecule has 10 heavy (non-hydrogen) atoms. The monoisotopic (exact) mass is 176 g/mol. The third-order valence-electron chi connectivity index (χ3n) is 0.0781. The van der Waals surface area contributed by atoms with E-state index in [1.165, 1.54) is 0 Å². The van der Waals surface area contributed by atoms with Crippen molar-refractivity contribution in [2.24, 2.45) is 0 Å². The fourth-order valence-corrected chi connectivity index (χ4v) is 0. The number of rotatable bonds is 0. The van der Waals surface area contributed by atoms with E-state index in [9.17, 15) is 0 Å². The molecule has 0 heterocycles. The molecule has 8 heteroatoms. The van der Waals surface area contributed by atoms with Crippen molar-refractivity contribution in [3.8, 4) is 0 Å². The second-order valence-electron chi connectivity index (χ2n) is 0.640. The van der Waals surface area contributed by atoms with Gasteiger partial charge in [-0.25, -0.2) is 9.59 Å². The molecule has 0 aromatic heterocycles. The molecule has 0 rings (SSSR count). The largest absolute Gasteiger partial charge is 0.537 e. The summed E-state index contributed by atoms with van der Waals surface area (Å²) in [4.78, 5) is 20.1. The number of carbonyl (C=O) groups is 2. The SMILES string of the molecule is Cl.O=C(O)O.O=C(O)OO. The van der Waals surface area contributed by atoms with Gasteiger partial charge in [0.25, 0.3) is 0 Å². The molecule has 62 valence electrons. The highest BCUT2D eigenvalue weighted by atomic mass is 35.5. The van der Waals surface area contributed by atoms with Gasteiger partial charge in [0.05, 0.1) is 0 Å². The molecule has 0 saturated carbocycles. The fourth-order valence-electron chi connectivity index (χ4n) is 0. The van der Waals surface area contributed by atoms with Gasteiger partial charge in [-0.15, -0.1) is 12.4 Å². The van der Waals surface area contributed by atoms with E-state index in [0.717, 1.165) is 0 Å². The Hall–Kier alpha value is -1.21. The van der Waals surface area contributed by atoms with Crippen LogP contribution in [0, 0.1) is 0 Å². The quantitative estimate of drug-likeness (QED) is 0.318. The van der Waals surface area contributed by atoms with Crippen LogP contribution in [-0.4, -0.2) is 32.9 Å². The highest BCUT2D eigenvalue weighted by molar-refractivity contribution is 5.85. The van der Waals surface area contributed by atoms with E-state index in [2.05, 4.69) is 4.89 Å². The van der Waals surface area contributed by atoms with Gasteiger partial charge in [-0.2, -0.15) is 5.26 Å². The van der Waals surface area contributed by atoms with Crippen molar-refractivity contribution in [2.45, 2.75) is 0 Å². The van der Waals surface area contributed by atoms with E-state index in [-0.39, 0.29) is 12.4 Å². The average Bonchev–Trinajstić information content (AvgIpc) is 1.65. The minimum Gasteiger partial charge on any atom is -0.450 e. The highest BCUT2D eigenvalue weighted by Crippen LogP contribution is 1.59. The molecular formula is C2H5ClO7. The first-order valence-corrected chi connectivity index (χ1v) is 1.47. The van der Waals surface area contributed by atoms with Crippen LogP contribution in [0.2, 0.25) is 0 Å². The lowest BCUT2D eigenvalue weighted by Crippen LogP contribution is -1.91. The Morgan fingerprint density at radius 1 is 1.10 bits per heavy atom.